The van der Waals surface area contributed by atoms with Crippen molar-refractivity contribution in [1.82, 2.24) is 20.8 Å². The summed E-state index contributed by atoms with van der Waals surface area (Å²) in [6, 6.07) is 14.3. The molecule has 2 N–H and O–H groups in total. The molecule has 0 saturated heterocycles. The Labute approximate surface area is 208 Å². The minimum atomic E-state index is -0.399. The molecule has 0 bridgehead atoms. The summed E-state index contributed by atoms with van der Waals surface area (Å²) in [6.45, 7) is 0. The van der Waals surface area contributed by atoms with E-state index in [1.807, 2.05) is 24.3 Å². The van der Waals surface area contributed by atoms with E-state index in [1.54, 1.807) is 24.3 Å². The van der Waals surface area contributed by atoms with Gasteiger partial charge in [-0.3, -0.25) is 9.59 Å². The zero-order chi connectivity index (χ0) is 23.7. The summed E-state index contributed by atoms with van der Waals surface area (Å²) in [6.07, 6.45) is 2.91. The first kappa shape index (κ1) is 22.6. The monoisotopic (exact) mass is 542 g/mol. The highest BCUT2D eigenvalue weighted by atomic mass is 79.9. The second-order valence-electron chi connectivity index (χ2n) is 8.21. The molecule has 1 saturated carbocycles. The first-order valence-corrected chi connectivity index (χ1v) is 12.0. The van der Waals surface area contributed by atoms with Gasteiger partial charge in [-0.05, 0) is 74.2 Å². The first-order chi connectivity index (χ1) is 16.4. The summed E-state index contributed by atoms with van der Waals surface area (Å²) in [4.78, 5) is 25.2. The van der Waals surface area contributed by atoms with Gasteiger partial charge in [0.2, 0.25) is 5.89 Å². The molecule has 34 heavy (non-hydrogen) atoms. The van der Waals surface area contributed by atoms with Gasteiger partial charge in [-0.1, -0.05) is 27.5 Å². The molecular weight excluding hydrogens is 524 g/mol. The van der Waals surface area contributed by atoms with E-state index in [-0.39, 0.29) is 35.5 Å². The van der Waals surface area contributed by atoms with Crippen LogP contribution in [0.2, 0.25) is 5.02 Å². The van der Waals surface area contributed by atoms with Crippen molar-refractivity contribution in [3.05, 3.63) is 69.7 Å². The molecule has 1 fully saturated rings. The van der Waals surface area contributed by atoms with Crippen LogP contribution in [-0.4, -0.2) is 34.1 Å². The predicted octanol–water partition coefficient (Wildman–Crippen LogP) is 5.37. The normalized spacial score (nSPS) is 18.1. The van der Waals surface area contributed by atoms with Crippen LogP contribution in [0.5, 0.6) is 0 Å². The largest absolute Gasteiger partial charge is 0.451 e. The Hall–Kier alpha value is -3.17. The van der Waals surface area contributed by atoms with E-state index in [0.717, 1.165) is 41.1 Å². The van der Waals surface area contributed by atoms with Crippen LogP contribution in [0.4, 0.5) is 0 Å². The fraction of sp³-hybridized carbons (Fsp3) is 0.250. The summed E-state index contributed by atoms with van der Waals surface area (Å²) in [5, 5.41) is 15.2. The predicted molar refractivity (Wildman–Crippen MR) is 130 cm³/mol. The van der Waals surface area contributed by atoms with Gasteiger partial charge in [-0.25, -0.2) is 0 Å². The number of nitrogens with one attached hydrogen (secondary N) is 2. The van der Waals surface area contributed by atoms with E-state index in [1.165, 1.54) is 0 Å². The average molecular weight is 544 g/mol. The summed E-state index contributed by atoms with van der Waals surface area (Å²) >= 11 is 9.38. The van der Waals surface area contributed by atoms with E-state index in [0.29, 0.717) is 10.6 Å². The Balaban J connectivity index is 1.13. The van der Waals surface area contributed by atoms with Crippen LogP contribution in [-0.2, 0) is 0 Å². The van der Waals surface area contributed by atoms with Gasteiger partial charge in [0, 0.05) is 32.5 Å². The molecule has 0 spiro atoms. The number of hydrogen-bond acceptors (Lipinski definition) is 6. The van der Waals surface area contributed by atoms with E-state index in [9.17, 15) is 9.59 Å². The molecule has 2 aromatic carbocycles. The van der Waals surface area contributed by atoms with E-state index in [2.05, 4.69) is 36.8 Å². The Morgan fingerprint density at radius 2 is 1.56 bits per heavy atom. The average Bonchev–Trinajstić information content (AvgIpc) is 3.48. The Morgan fingerprint density at radius 1 is 0.882 bits per heavy atom. The lowest BCUT2D eigenvalue weighted by Crippen LogP contribution is -2.43. The number of fused-ring (bicyclic) bond motifs is 1. The lowest BCUT2D eigenvalue weighted by atomic mass is 9.91. The highest BCUT2D eigenvalue weighted by Gasteiger charge is 2.26. The number of carbonyl (C=O) groups is 2. The van der Waals surface area contributed by atoms with Crippen molar-refractivity contribution < 1.29 is 18.4 Å². The topological polar surface area (TPSA) is 110 Å². The number of rotatable bonds is 5. The van der Waals surface area contributed by atoms with Crippen LogP contribution in [0.1, 0.15) is 46.9 Å². The number of amides is 2. The van der Waals surface area contributed by atoms with Crippen LogP contribution in [0, 0.1) is 0 Å². The maximum atomic E-state index is 12.6. The van der Waals surface area contributed by atoms with Crippen LogP contribution in [0.3, 0.4) is 0 Å². The van der Waals surface area contributed by atoms with Crippen LogP contribution in [0.25, 0.3) is 22.4 Å². The minimum absolute atomic E-state index is 0.00450. The van der Waals surface area contributed by atoms with Gasteiger partial charge in [-0.15, -0.1) is 10.2 Å². The standard InChI is InChI=1S/C24H20BrClN4O4/c25-15-3-1-13(2-4-15)23-29-30-24(34-23)22(32)28-18-8-6-17(7-9-18)27-21(31)20-12-14-11-16(26)5-10-19(14)33-20/h1-5,10-12,17-18H,6-9H2,(H,27,31)(H,28,32). The van der Waals surface area contributed by atoms with Crippen LogP contribution < -0.4 is 10.6 Å². The maximum Gasteiger partial charge on any atom is 0.309 e. The molecule has 5 rings (SSSR count). The van der Waals surface area contributed by atoms with E-state index < -0.39 is 5.91 Å². The van der Waals surface area contributed by atoms with Crippen molar-refractivity contribution in [3.8, 4) is 11.5 Å². The van der Waals surface area contributed by atoms with Gasteiger partial charge in [-0.2, -0.15) is 0 Å². The van der Waals surface area contributed by atoms with Crippen LogP contribution >= 0.6 is 27.5 Å². The molecule has 2 amide bonds. The molecule has 0 aliphatic heterocycles. The molecule has 2 heterocycles. The smallest absolute Gasteiger partial charge is 0.309 e. The van der Waals surface area contributed by atoms with Crippen molar-refractivity contribution in [2.75, 3.05) is 0 Å². The first-order valence-electron chi connectivity index (χ1n) is 10.8. The number of hydrogen-bond donors (Lipinski definition) is 2. The second kappa shape index (κ2) is 9.60. The molecule has 8 nitrogen and oxygen atoms in total. The van der Waals surface area contributed by atoms with Gasteiger partial charge < -0.3 is 19.5 Å². The second-order valence-corrected chi connectivity index (χ2v) is 9.56. The fourth-order valence-electron chi connectivity index (χ4n) is 4.04. The molecule has 2 aromatic heterocycles. The summed E-state index contributed by atoms with van der Waals surface area (Å²) < 4.78 is 12.1. The lowest BCUT2D eigenvalue weighted by Gasteiger charge is -2.29. The van der Waals surface area contributed by atoms with Crippen LogP contribution in [0.15, 0.2) is 61.8 Å². The Kier molecular flexibility index (Phi) is 6.38. The van der Waals surface area contributed by atoms with Gasteiger partial charge in [0.05, 0.1) is 0 Å². The molecule has 0 radical (unpaired) electrons. The lowest BCUT2D eigenvalue weighted by molar-refractivity contribution is 0.0862. The molecule has 1 aliphatic carbocycles. The molecule has 0 unspecified atom stereocenters. The third-order valence-corrected chi connectivity index (χ3v) is 6.57. The van der Waals surface area contributed by atoms with Crippen molar-refractivity contribution in [3.63, 3.8) is 0 Å². The third kappa shape index (κ3) is 5.00. The number of carbonyl (C=O) groups excluding carboxylic acids is 2. The molecule has 4 aromatic rings. The zero-order valence-electron chi connectivity index (χ0n) is 17.9. The Morgan fingerprint density at radius 3 is 2.26 bits per heavy atom. The minimum Gasteiger partial charge on any atom is -0.451 e. The number of halogens is 2. The Bertz CT molecular complexity index is 1340. The van der Waals surface area contributed by atoms with E-state index in [4.69, 9.17) is 20.4 Å². The molecule has 10 heteroatoms. The summed E-state index contributed by atoms with van der Waals surface area (Å²) in [5.41, 5.74) is 1.35. The van der Waals surface area contributed by atoms with Crippen molar-refractivity contribution in [1.29, 1.82) is 0 Å². The summed E-state index contributed by atoms with van der Waals surface area (Å²) in [5.74, 6) is -0.184. The number of furan rings is 1. The van der Waals surface area contributed by atoms with Crippen molar-refractivity contribution in [2.24, 2.45) is 0 Å². The maximum absolute atomic E-state index is 12.6. The molecule has 174 valence electrons. The van der Waals surface area contributed by atoms with Gasteiger partial charge in [0.15, 0.2) is 5.76 Å². The number of nitrogens with zero attached hydrogens (tertiary/aromatic N) is 2. The van der Waals surface area contributed by atoms with E-state index >= 15 is 0 Å². The summed E-state index contributed by atoms with van der Waals surface area (Å²) in [7, 11) is 0. The zero-order valence-corrected chi connectivity index (χ0v) is 20.2. The highest BCUT2D eigenvalue weighted by molar-refractivity contribution is 9.10. The quantitative estimate of drug-likeness (QED) is 0.350. The fourth-order valence-corrected chi connectivity index (χ4v) is 4.48. The molecule has 0 atom stereocenters. The van der Waals surface area contributed by atoms with Crippen molar-refractivity contribution in [2.45, 2.75) is 37.8 Å². The molecule has 1 aliphatic rings. The van der Waals surface area contributed by atoms with Crippen molar-refractivity contribution >= 4 is 50.3 Å². The third-order valence-electron chi connectivity index (χ3n) is 5.81. The van der Waals surface area contributed by atoms with Gasteiger partial charge in [0.1, 0.15) is 5.58 Å². The van der Waals surface area contributed by atoms with Gasteiger partial charge in [0.25, 0.3) is 5.91 Å². The van der Waals surface area contributed by atoms with Gasteiger partial charge >= 0.3 is 11.8 Å². The highest BCUT2D eigenvalue weighted by Crippen LogP contribution is 2.25. The number of benzene rings is 2. The number of aromatic nitrogens is 2. The molecular formula is C24H20BrClN4O4. The SMILES string of the molecule is O=C(NC1CCC(NC(=O)c2nnc(-c3ccc(Br)cc3)o2)CC1)c1cc2cc(Cl)ccc2o1.